The SMILES string of the molecule is CC(C)(C)OC(=O)C(C)(C)OC1C=CC(C=O)=CC1(C)C. The van der Waals surface area contributed by atoms with Crippen molar-refractivity contribution in [3.63, 3.8) is 0 Å². The molecule has 1 aliphatic rings. The first-order valence-electron chi connectivity index (χ1n) is 7.15. The van der Waals surface area contributed by atoms with Crippen molar-refractivity contribution >= 4 is 12.3 Å². The number of hydrogen-bond acceptors (Lipinski definition) is 4. The quantitative estimate of drug-likeness (QED) is 0.590. The van der Waals surface area contributed by atoms with Crippen molar-refractivity contribution in [2.45, 2.75) is 65.8 Å². The van der Waals surface area contributed by atoms with Gasteiger partial charge in [0.05, 0.1) is 6.10 Å². The molecule has 0 radical (unpaired) electrons. The van der Waals surface area contributed by atoms with Crippen LogP contribution in [0, 0.1) is 5.41 Å². The van der Waals surface area contributed by atoms with Gasteiger partial charge in [-0.25, -0.2) is 4.79 Å². The van der Waals surface area contributed by atoms with Crippen LogP contribution in [-0.4, -0.2) is 29.6 Å². The number of carbonyl (C=O) groups excluding carboxylic acids is 2. The van der Waals surface area contributed by atoms with E-state index < -0.39 is 17.2 Å². The van der Waals surface area contributed by atoms with Gasteiger partial charge in [0, 0.05) is 11.0 Å². The van der Waals surface area contributed by atoms with E-state index in [1.54, 1.807) is 19.9 Å². The molecule has 21 heavy (non-hydrogen) atoms. The predicted molar refractivity (Wildman–Crippen MR) is 81.9 cm³/mol. The van der Waals surface area contributed by atoms with Crippen LogP contribution in [0.15, 0.2) is 23.8 Å². The van der Waals surface area contributed by atoms with Crippen LogP contribution >= 0.6 is 0 Å². The maximum atomic E-state index is 12.2. The standard InChI is InChI=1S/C17H26O4/c1-15(2,3)21-14(19)17(6,7)20-13-9-8-12(11-18)10-16(13,4)5/h8-11,13H,1-7H3. The first-order valence-corrected chi connectivity index (χ1v) is 7.15. The number of ether oxygens (including phenoxy) is 2. The lowest BCUT2D eigenvalue weighted by atomic mass is 9.80. The summed E-state index contributed by atoms with van der Waals surface area (Å²) >= 11 is 0. The second-order valence-corrected chi connectivity index (χ2v) is 7.49. The predicted octanol–water partition coefficient (Wildman–Crippen LogP) is 3.21. The minimum Gasteiger partial charge on any atom is -0.458 e. The molecule has 0 fully saturated rings. The summed E-state index contributed by atoms with van der Waals surface area (Å²) in [6, 6.07) is 0. The summed E-state index contributed by atoms with van der Waals surface area (Å²) in [4.78, 5) is 23.1. The van der Waals surface area contributed by atoms with Crippen LogP contribution in [0.3, 0.4) is 0 Å². The molecule has 0 N–H and O–H groups in total. The monoisotopic (exact) mass is 294 g/mol. The Kier molecular flexibility index (Phi) is 4.83. The third kappa shape index (κ3) is 4.81. The third-order valence-corrected chi connectivity index (χ3v) is 3.18. The molecule has 0 amide bonds. The fraction of sp³-hybridized carbons (Fsp3) is 0.647. The van der Waals surface area contributed by atoms with Crippen LogP contribution in [0.5, 0.6) is 0 Å². The Morgan fingerprint density at radius 3 is 2.24 bits per heavy atom. The smallest absolute Gasteiger partial charge is 0.338 e. The summed E-state index contributed by atoms with van der Waals surface area (Å²) in [5, 5.41) is 0. The molecule has 0 bridgehead atoms. The molecule has 1 rings (SSSR count). The average Bonchev–Trinajstić information content (AvgIpc) is 2.29. The van der Waals surface area contributed by atoms with Crippen molar-refractivity contribution in [3.05, 3.63) is 23.8 Å². The van der Waals surface area contributed by atoms with E-state index >= 15 is 0 Å². The molecule has 0 spiro atoms. The minimum absolute atomic E-state index is 0.302. The second-order valence-electron chi connectivity index (χ2n) is 7.49. The summed E-state index contributed by atoms with van der Waals surface area (Å²) in [7, 11) is 0. The van der Waals surface area contributed by atoms with E-state index in [1.165, 1.54) is 0 Å². The molecule has 4 nitrogen and oxygen atoms in total. The van der Waals surface area contributed by atoms with Crippen molar-refractivity contribution in [3.8, 4) is 0 Å². The highest BCUT2D eigenvalue weighted by Gasteiger charge is 2.40. The molecule has 0 aromatic carbocycles. The minimum atomic E-state index is -1.06. The van der Waals surface area contributed by atoms with Crippen molar-refractivity contribution in [1.82, 2.24) is 0 Å². The van der Waals surface area contributed by atoms with E-state index in [0.29, 0.717) is 5.57 Å². The fourth-order valence-corrected chi connectivity index (χ4v) is 2.04. The Morgan fingerprint density at radius 2 is 1.81 bits per heavy atom. The van der Waals surface area contributed by atoms with Gasteiger partial charge in [0.25, 0.3) is 0 Å². The molecule has 0 saturated heterocycles. The van der Waals surface area contributed by atoms with Gasteiger partial charge in [-0.05, 0) is 34.6 Å². The number of hydrogen-bond donors (Lipinski definition) is 0. The van der Waals surface area contributed by atoms with Crippen LogP contribution in [0.4, 0.5) is 0 Å². The Hall–Kier alpha value is -1.42. The van der Waals surface area contributed by atoms with Crippen molar-refractivity contribution in [1.29, 1.82) is 0 Å². The van der Waals surface area contributed by atoms with E-state index in [9.17, 15) is 9.59 Å². The van der Waals surface area contributed by atoms with Gasteiger partial charge in [0.15, 0.2) is 5.60 Å². The van der Waals surface area contributed by atoms with Gasteiger partial charge in [-0.1, -0.05) is 32.1 Å². The molecule has 0 saturated carbocycles. The molecule has 0 aromatic rings. The van der Waals surface area contributed by atoms with Gasteiger partial charge in [-0.3, -0.25) is 4.79 Å². The van der Waals surface area contributed by atoms with Crippen molar-refractivity contribution in [2.75, 3.05) is 0 Å². The number of esters is 1. The third-order valence-electron chi connectivity index (χ3n) is 3.18. The van der Waals surface area contributed by atoms with Gasteiger partial charge in [-0.15, -0.1) is 0 Å². The Balaban J connectivity index is 2.85. The molecule has 1 aliphatic carbocycles. The van der Waals surface area contributed by atoms with Crippen LogP contribution in [0.1, 0.15) is 48.5 Å². The maximum Gasteiger partial charge on any atom is 0.338 e. The van der Waals surface area contributed by atoms with Gasteiger partial charge < -0.3 is 9.47 Å². The molecule has 0 aromatic heterocycles. The molecule has 4 heteroatoms. The maximum absolute atomic E-state index is 12.2. The summed E-state index contributed by atoms with van der Waals surface area (Å²) in [5.74, 6) is -0.399. The van der Waals surface area contributed by atoms with Crippen molar-refractivity contribution in [2.24, 2.45) is 5.41 Å². The summed E-state index contributed by atoms with van der Waals surface area (Å²) in [6.45, 7) is 12.8. The molecule has 0 aliphatic heterocycles. The Morgan fingerprint density at radius 1 is 1.24 bits per heavy atom. The van der Waals surface area contributed by atoms with Gasteiger partial charge in [0.2, 0.25) is 0 Å². The van der Waals surface area contributed by atoms with Gasteiger partial charge >= 0.3 is 5.97 Å². The highest BCUT2D eigenvalue weighted by Crippen LogP contribution is 2.34. The van der Waals surface area contributed by atoms with Gasteiger partial charge in [-0.2, -0.15) is 0 Å². The second kappa shape index (κ2) is 5.76. The average molecular weight is 294 g/mol. The van der Waals surface area contributed by atoms with E-state index in [0.717, 1.165) is 6.29 Å². The molecule has 0 heterocycles. The van der Waals surface area contributed by atoms with Crippen LogP contribution in [-0.2, 0) is 19.1 Å². The zero-order chi connectivity index (χ0) is 16.5. The largest absolute Gasteiger partial charge is 0.458 e. The number of carbonyl (C=O) groups is 2. The normalized spacial score (nSPS) is 21.7. The summed E-state index contributed by atoms with van der Waals surface area (Å²) < 4.78 is 11.4. The van der Waals surface area contributed by atoms with E-state index in [1.807, 2.05) is 46.8 Å². The van der Waals surface area contributed by atoms with Crippen LogP contribution in [0.2, 0.25) is 0 Å². The first-order chi connectivity index (χ1) is 9.37. The highest BCUT2D eigenvalue weighted by molar-refractivity contribution is 5.79. The van der Waals surface area contributed by atoms with E-state index in [2.05, 4.69) is 0 Å². The lowest BCUT2D eigenvalue weighted by Crippen LogP contribution is -2.46. The topological polar surface area (TPSA) is 52.6 Å². The highest BCUT2D eigenvalue weighted by atomic mass is 16.6. The molecule has 1 unspecified atom stereocenters. The lowest BCUT2D eigenvalue weighted by molar-refractivity contribution is -0.187. The Bertz CT molecular complexity index is 476. The Labute approximate surface area is 127 Å². The fourth-order valence-electron chi connectivity index (χ4n) is 2.04. The van der Waals surface area contributed by atoms with Crippen molar-refractivity contribution < 1.29 is 19.1 Å². The number of rotatable bonds is 4. The van der Waals surface area contributed by atoms with Gasteiger partial charge in [0.1, 0.15) is 11.9 Å². The zero-order valence-electron chi connectivity index (χ0n) is 14.0. The van der Waals surface area contributed by atoms with Crippen LogP contribution < -0.4 is 0 Å². The summed E-state index contributed by atoms with van der Waals surface area (Å²) in [6.07, 6.45) is 5.90. The summed E-state index contributed by atoms with van der Waals surface area (Å²) in [5.41, 5.74) is -1.37. The zero-order valence-corrected chi connectivity index (χ0v) is 14.0. The van der Waals surface area contributed by atoms with E-state index in [4.69, 9.17) is 9.47 Å². The molecular weight excluding hydrogens is 268 g/mol. The van der Waals surface area contributed by atoms with Crippen LogP contribution in [0.25, 0.3) is 0 Å². The van der Waals surface area contributed by atoms with E-state index in [-0.39, 0.29) is 11.5 Å². The molecule has 1 atom stereocenters. The lowest BCUT2D eigenvalue weighted by Gasteiger charge is -2.38. The number of aldehydes is 1. The first kappa shape index (κ1) is 17.6. The number of allylic oxidation sites excluding steroid dienone is 2. The molecular formula is C17H26O4. The molecule has 118 valence electrons.